The van der Waals surface area contributed by atoms with Crippen LogP contribution in [-0.2, 0) is 9.59 Å². The zero-order valence-corrected chi connectivity index (χ0v) is 15.7. The molecule has 138 valence electrons. The molecule has 1 aliphatic carbocycles. The summed E-state index contributed by atoms with van der Waals surface area (Å²) < 4.78 is 0. The predicted molar refractivity (Wildman–Crippen MR) is 99.7 cm³/mol. The van der Waals surface area contributed by atoms with E-state index in [2.05, 4.69) is 30.6 Å². The predicted octanol–water partition coefficient (Wildman–Crippen LogP) is 4.11. The summed E-state index contributed by atoms with van der Waals surface area (Å²) in [7, 11) is 0. The van der Waals surface area contributed by atoms with E-state index in [-0.39, 0.29) is 18.2 Å². The van der Waals surface area contributed by atoms with Crippen LogP contribution in [0.3, 0.4) is 0 Å². The van der Waals surface area contributed by atoms with Crippen molar-refractivity contribution in [1.82, 2.24) is 10.6 Å². The minimum atomic E-state index is -0.0143. The van der Waals surface area contributed by atoms with E-state index in [4.69, 9.17) is 0 Å². The molecule has 0 spiro atoms. The Bertz CT molecular complexity index is 404. The third-order valence-electron chi connectivity index (χ3n) is 4.86. The highest BCUT2D eigenvalue weighted by molar-refractivity contribution is 5.83. The third-order valence-corrected chi connectivity index (χ3v) is 4.86. The van der Waals surface area contributed by atoms with Gasteiger partial charge in [0.1, 0.15) is 0 Å². The number of allylic oxidation sites excluding steroid dienone is 1. The van der Waals surface area contributed by atoms with E-state index in [0.717, 1.165) is 19.4 Å². The molecular weight excluding hydrogens is 300 g/mol. The molecule has 4 heteroatoms. The number of hydrogen-bond acceptors (Lipinski definition) is 2. The van der Waals surface area contributed by atoms with Crippen LogP contribution < -0.4 is 10.6 Å². The number of unbranched alkanes of at least 4 members (excludes halogenated alkanes) is 1. The van der Waals surface area contributed by atoms with Crippen molar-refractivity contribution in [3.05, 3.63) is 11.6 Å². The van der Waals surface area contributed by atoms with E-state index >= 15 is 0 Å². The first-order valence-corrected chi connectivity index (χ1v) is 9.87. The lowest BCUT2D eigenvalue weighted by Gasteiger charge is -2.15. The molecule has 0 saturated heterocycles. The van der Waals surface area contributed by atoms with Crippen molar-refractivity contribution in [2.24, 2.45) is 5.92 Å². The first-order chi connectivity index (χ1) is 11.7. The van der Waals surface area contributed by atoms with Gasteiger partial charge in [-0.15, -0.1) is 0 Å². The van der Waals surface area contributed by atoms with Crippen LogP contribution in [0, 0.1) is 5.92 Å². The van der Waals surface area contributed by atoms with Gasteiger partial charge in [0.05, 0.1) is 0 Å². The maximum Gasteiger partial charge on any atom is 0.220 e. The van der Waals surface area contributed by atoms with E-state index < -0.39 is 0 Å². The monoisotopic (exact) mass is 336 g/mol. The molecule has 0 aromatic heterocycles. The smallest absolute Gasteiger partial charge is 0.220 e. The lowest BCUT2D eigenvalue weighted by Crippen LogP contribution is -2.31. The highest BCUT2D eigenvalue weighted by Gasteiger charge is 2.10. The Morgan fingerprint density at radius 3 is 2.50 bits per heavy atom. The summed E-state index contributed by atoms with van der Waals surface area (Å²) >= 11 is 0. The van der Waals surface area contributed by atoms with E-state index in [1.54, 1.807) is 0 Å². The van der Waals surface area contributed by atoms with Gasteiger partial charge in [0.25, 0.3) is 0 Å². The molecule has 4 nitrogen and oxygen atoms in total. The van der Waals surface area contributed by atoms with E-state index in [0.29, 0.717) is 18.9 Å². The molecule has 0 aromatic carbocycles. The lowest BCUT2D eigenvalue weighted by atomic mass is 9.97. The van der Waals surface area contributed by atoms with Crippen LogP contribution in [0.4, 0.5) is 0 Å². The van der Waals surface area contributed by atoms with Crippen LogP contribution in [0.25, 0.3) is 0 Å². The molecule has 24 heavy (non-hydrogen) atoms. The summed E-state index contributed by atoms with van der Waals surface area (Å²) in [5, 5.41) is 5.91. The van der Waals surface area contributed by atoms with Crippen LogP contribution in [0.2, 0.25) is 0 Å². The Kier molecular flexibility index (Phi) is 11.2. The molecule has 0 saturated carbocycles. The molecule has 2 N–H and O–H groups in total. The van der Waals surface area contributed by atoms with Crippen molar-refractivity contribution in [3.63, 3.8) is 0 Å². The van der Waals surface area contributed by atoms with Crippen molar-refractivity contribution in [3.8, 4) is 0 Å². The van der Waals surface area contributed by atoms with E-state index in [1.807, 2.05) is 0 Å². The van der Waals surface area contributed by atoms with Gasteiger partial charge in [0.15, 0.2) is 0 Å². The summed E-state index contributed by atoms with van der Waals surface area (Å²) in [4.78, 5) is 23.7. The molecule has 0 heterocycles. The maximum atomic E-state index is 11.9. The topological polar surface area (TPSA) is 58.2 Å². The largest absolute Gasteiger partial charge is 0.356 e. The van der Waals surface area contributed by atoms with Gasteiger partial charge < -0.3 is 10.6 Å². The van der Waals surface area contributed by atoms with Gasteiger partial charge in [0, 0.05) is 25.9 Å². The minimum Gasteiger partial charge on any atom is -0.356 e. The van der Waals surface area contributed by atoms with Gasteiger partial charge in [-0.05, 0) is 44.4 Å². The SMILES string of the molecule is CCCC[C@@H](CC)CNC(=O)CCC(=O)NCCC1=CCCCC1. The number of rotatable bonds is 12. The summed E-state index contributed by atoms with van der Waals surface area (Å²) in [6.07, 6.45) is 13.4. The molecule has 2 amide bonds. The third kappa shape index (κ3) is 9.74. The summed E-state index contributed by atoms with van der Waals surface area (Å²) in [5.74, 6) is 0.543. The zero-order valence-electron chi connectivity index (χ0n) is 15.7. The number of amides is 2. The number of hydrogen-bond donors (Lipinski definition) is 2. The Hall–Kier alpha value is -1.32. The first kappa shape index (κ1) is 20.7. The standard InChI is InChI=1S/C20H36N2O2/c1-3-5-9-17(4-2)16-22-20(24)13-12-19(23)21-15-14-18-10-7-6-8-11-18/h10,17H,3-9,11-16H2,1-2H3,(H,21,23)(H,22,24)/t17-/m1/s1. The Morgan fingerprint density at radius 1 is 1.12 bits per heavy atom. The molecule has 0 bridgehead atoms. The first-order valence-electron chi connectivity index (χ1n) is 9.87. The summed E-state index contributed by atoms with van der Waals surface area (Å²) in [6.45, 7) is 5.79. The molecule has 0 fully saturated rings. The zero-order chi connectivity index (χ0) is 17.6. The summed E-state index contributed by atoms with van der Waals surface area (Å²) in [6, 6.07) is 0. The normalized spacial score (nSPS) is 15.5. The van der Waals surface area contributed by atoms with Crippen molar-refractivity contribution < 1.29 is 9.59 Å². The second-order valence-corrected chi connectivity index (χ2v) is 6.93. The van der Waals surface area contributed by atoms with Crippen LogP contribution in [-0.4, -0.2) is 24.9 Å². The fourth-order valence-corrected chi connectivity index (χ4v) is 3.10. The average Bonchev–Trinajstić information content (AvgIpc) is 2.61. The van der Waals surface area contributed by atoms with Crippen LogP contribution in [0.15, 0.2) is 11.6 Å². The lowest BCUT2D eigenvalue weighted by molar-refractivity contribution is -0.126. The van der Waals surface area contributed by atoms with Gasteiger partial charge in [-0.2, -0.15) is 0 Å². The molecule has 0 aliphatic heterocycles. The van der Waals surface area contributed by atoms with Gasteiger partial charge in [0.2, 0.25) is 11.8 Å². The molecular formula is C20H36N2O2. The van der Waals surface area contributed by atoms with Crippen molar-refractivity contribution in [2.75, 3.05) is 13.1 Å². The average molecular weight is 337 g/mol. The molecule has 1 aliphatic rings. The molecule has 0 aromatic rings. The van der Waals surface area contributed by atoms with Crippen LogP contribution in [0.5, 0.6) is 0 Å². The Labute approximate surface area is 147 Å². The second-order valence-electron chi connectivity index (χ2n) is 6.93. The summed E-state index contributed by atoms with van der Waals surface area (Å²) in [5.41, 5.74) is 1.47. The number of nitrogens with one attached hydrogen (secondary N) is 2. The quantitative estimate of drug-likeness (QED) is 0.527. The van der Waals surface area contributed by atoms with Crippen LogP contribution in [0.1, 0.15) is 84.5 Å². The number of carbonyl (C=O) groups excluding carboxylic acids is 2. The van der Waals surface area contributed by atoms with Gasteiger partial charge >= 0.3 is 0 Å². The van der Waals surface area contributed by atoms with Crippen LogP contribution >= 0.6 is 0 Å². The van der Waals surface area contributed by atoms with Crippen molar-refractivity contribution in [2.45, 2.75) is 84.5 Å². The Morgan fingerprint density at radius 2 is 1.88 bits per heavy atom. The van der Waals surface area contributed by atoms with Crippen molar-refractivity contribution in [1.29, 1.82) is 0 Å². The Balaban J connectivity index is 2.07. The highest BCUT2D eigenvalue weighted by atomic mass is 16.2. The van der Waals surface area contributed by atoms with E-state index in [9.17, 15) is 9.59 Å². The van der Waals surface area contributed by atoms with Crippen molar-refractivity contribution >= 4 is 11.8 Å². The minimum absolute atomic E-state index is 0.00455. The van der Waals surface area contributed by atoms with E-state index in [1.165, 1.54) is 50.5 Å². The van der Waals surface area contributed by atoms with Gasteiger partial charge in [-0.25, -0.2) is 0 Å². The fourth-order valence-electron chi connectivity index (χ4n) is 3.10. The maximum absolute atomic E-state index is 11.9. The molecule has 1 atom stereocenters. The number of carbonyl (C=O) groups is 2. The molecule has 1 rings (SSSR count). The van der Waals surface area contributed by atoms with Gasteiger partial charge in [-0.1, -0.05) is 44.8 Å². The fraction of sp³-hybridized carbons (Fsp3) is 0.800. The second kappa shape index (κ2) is 13.0. The molecule has 0 unspecified atom stereocenters. The highest BCUT2D eigenvalue weighted by Crippen LogP contribution is 2.19. The molecule has 0 radical (unpaired) electrons. The van der Waals surface area contributed by atoms with Gasteiger partial charge in [-0.3, -0.25) is 9.59 Å².